The van der Waals surface area contributed by atoms with Crippen LogP contribution in [0.1, 0.15) is 48.0 Å². The van der Waals surface area contributed by atoms with Crippen molar-refractivity contribution in [3.8, 4) is 0 Å². The molecule has 10 rings (SSSR count). The van der Waals surface area contributed by atoms with Gasteiger partial charge >= 0.3 is 61.6 Å². The van der Waals surface area contributed by atoms with Crippen LogP contribution in [0.25, 0.3) is 0 Å². The predicted molar refractivity (Wildman–Crippen MR) is 306 cm³/mol. The van der Waals surface area contributed by atoms with Crippen LogP contribution >= 0.6 is 0 Å². The summed E-state index contributed by atoms with van der Waals surface area (Å²) in [4.78, 5) is 0. The van der Waals surface area contributed by atoms with E-state index in [2.05, 4.69) is 0 Å². The molecule has 4 bridgehead atoms. The summed E-state index contributed by atoms with van der Waals surface area (Å²) in [5.74, 6) is 0. The fourth-order valence-corrected chi connectivity index (χ4v) is 52.5. The van der Waals surface area contributed by atoms with Crippen molar-refractivity contribution in [2.45, 2.75) is 58.9 Å². The molecule has 22 heteroatoms. The van der Waals surface area contributed by atoms with Gasteiger partial charge in [-0.2, -0.15) is 0 Å². The van der Waals surface area contributed by atoms with E-state index in [0.29, 0.717) is 0 Å². The highest BCUT2D eigenvalue weighted by atomic mass is 28.6. The maximum absolute atomic E-state index is 10.1. The van der Waals surface area contributed by atoms with E-state index in [-0.39, 0.29) is 0 Å². The average Bonchev–Trinajstić information content (AvgIpc) is 0.665. The van der Waals surface area contributed by atoms with Gasteiger partial charge in [-0.1, -0.05) is 211 Å². The van der Waals surface area contributed by atoms with E-state index in [1.807, 2.05) is 0 Å². The Hall–Kier alpha value is -3.77. The van der Waals surface area contributed by atoms with E-state index >= 15 is 0 Å². The summed E-state index contributed by atoms with van der Waals surface area (Å²) < 4.78 is 427. The zero-order valence-corrected chi connectivity index (χ0v) is 49.9. The predicted octanol–water partition coefficient (Wildman–Crippen LogP) is 6.65. The topological polar surface area (TPSA) is 111 Å². The lowest BCUT2D eigenvalue weighted by Crippen LogP contribution is -2.92. The molecular weight excluding hydrogens is 1090 g/mol. The van der Waals surface area contributed by atoms with Gasteiger partial charge in [0.15, 0.2) is 25.0 Å². The van der Waals surface area contributed by atoms with Crippen molar-refractivity contribution in [1.29, 1.82) is 0 Å². The van der Waals surface area contributed by atoms with E-state index in [1.54, 1.807) is 0 Å². The second-order valence-electron chi connectivity index (χ2n) is 18.5. The van der Waals surface area contributed by atoms with E-state index < -0.39 is 334 Å². The maximum atomic E-state index is 10.1. The van der Waals surface area contributed by atoms with Crippen molar-refractivity contribution in [2.75, 3.05) is 0 Å². The van der Waals surface area contributed by atoms with E-state index in [0.717, 1.165) is 0 Å². The Morgan fingerprint density at radius 2 is 0.397 bits per heavy atom. The Morgan fingerprint density at radius 1 is 0.247 bits per heavy atom. The van der Waals surface area contributed by atoms with Gasteiger partial charge in [-0.05, 0) is 58.9 Å². The third-order valence-electron chi connectivity index (χ3n) is 9.38. The van der Waals surface area contributed by atoms with Crippen molar-refractivity contribution in [3.63, 3.8) is 0 Å². The molecule has 0 radical (unpaired) electrons. The molecule has 73 heavy (non-hydrogen) atoms. The first kappa shape index (κ1) is 25.1. The molecule has 0 atom stereocenters. The quantitative estimate of drug-likeness (QED) is 0.115. The molecule has 12 nitrogen and oxygen atoms in total. The minimum Gasteiger partial charge on any atom is -0.413 e. The molecular formula is C51H62O12Si10. The molecule has 0 unspecified atom stereocenters. The van der Waals surface area contributed by atoms with Crippen LogP contribution in [0.3, 0.4) is 0 Å². The third-order valence-corrected chi connectivity index (χ3v) is 45.3. The fraction of sp³-hybridized carbons (Fsp3) is 0.176. The highest BCUT2D eigenvalue weighted by Gasteiger charge is 2.81. The van der Waals surface area contributed by atoms with E-state index in [9.17, 15) is 38.4 Å². The molecule has 0 N–H and O–H groups in total. The molecule has 3 fully saturated rings. The normalized spacial score (nSPS) is 36.5. The van der Waals surface area contributed by atoms with E-state index in [4.69, 9.17) is 59.0 Å². The van der Waals surface area contributed by atoms with Gasteiger partial charge in [0.05, 0.1) is 48.0 Å². The standard InChI is InChI=1S/C51H62O12Si10/c1-64(2,3)52-67(45-31-17-10-18-32-45)55-70(48-37-23-13-24-38-48)57-68(53-65(4,5)6,46-33-19-11-20-34-46)59-72(50-41-27-15-28-42-50)60-69(54-66(7,8)9,47-35-21-12-22-36-47)58-71(56-67,49-39-25-14-26-40-49)62-73(61-70,63-72)51-43-29-16-30-44-51/h10-44H,1-9H3/i10D,11D,12D,13D,14D,15D,16D,17D,18D,19D,20D,21D,22D,23D,24D,25D,26D,27D,28D,29D,30D,31D,32D,33D,34D,35D,36D,37D,38D,39D,40D,41D,42D,43D,44D. The number of fused-ring (bicyclic) bond motifs is 3. The summed E-state index contributed by atoms with van der Waals surface area (Å²) in [5.41, 5.74) is 0. The number of hydrogen-bond acceptors (Lipinski definition) is 12. The number of rotatable bonds is 13. The monoisotopic (exact) mass is 1180 g/mol. The second kappa shape index (κ2) is 20.0. The Bertz CT molecular complexity index is 4420. The minimum atomic E-state index is -7.76. The molecule has 3 saturated heterocycles. The van der Waals surface area contributed by atoms with Gasteiger partial charge in [0.25, 0.3) is 0 Å². The first-order chi connectivity index (χ1) is 49.2. The largest absolute Gasteiger partial charge is 0.515 e. The summed E-state index contributed by atoms with van der Waals surface area (Å²) in [7, 11) is -65.8. The van der Waals surface area contributed by atoms with Crippen LogP contribution in [0.15, 0.2) is 211 Å². The molecule has 3 aliphatic rings. The smallest absolute Gasteiger partial charge is 0.413 e. The van der Waals surface area contributed by atoms with Gasteiger partial charge in [0.1, 0.15) is 0 Å². The Balaban J connectivity index is 1.76. The molecule has 378 valence electrons. The third kappa shape index (κ3) is 10.8. The first-order valence-corrected chi connectivity index (χ1v) is 43.9. The van der Waals surface area contributed by atoms with Crippen molar-refractivity contribution >= 4 is 123 Å². The number of hydrogen-bond donors (Lipinski definition) is 0. The highest BCUT2D eigenvalue weighted by Crippen LogP contribution is 2.44. The van der Waals surface area contributed by atoms with Crippen LogP contribution in [-0.4, -0.2) is 86.6 Å². The van der Waals surface area contributed by atoms with Gasteiger partial charge in [0.2, 0.25) is 0 Å². The van der Waals surface area contributed by atoms with Gasteiger partial charge in [-0.3, -0.25) is 0 Å². The van der Waals surface area contributed by atoms with Crippen LogP contribution in [0, 0.1) is 0 Å². The van der Waals surface area contributed by atoms with Crippen molar-refractivity contribution < 1.29 is 97.4 Å². The van der Waals surface area contributed by atoms with Gasteiger partial charge < -0.3 is 49.4 Å². The second-order valence-corrected chi connectivity index (χ2v) is 52.2. The lowest BCUT2D eigenvalue weighted by Gasteiger charge is -2.59. The van der Waals surface area contributed by atoms with Gasteiger partial charge in [0, 0.05) is 36.3 Å². The summed E-state index contributed by atoms with van der Waals surface area (Å²) in [6, 6.07) is -50.1. The molecule has 7 aromatic carbocycles. The molecule has 3 heterocycles. The molecule has 0 amide bonds. The average molecular weight is 1180 g/mol. The summed E-state index contributed by atoms with van der Waals surface area (Å²) in [5, 5.41) is -10.7. The minimum absolute atomic E-state index is 1.23. The molecule has 0 aromatic heterocycles. The van der Waals surface area contributed by atoms with Crippen molar-refractivity contribution in [3.05, 3.63) is 211 Å². The Kier molecular flexibility index (Phi) is 6.88. The lowest BCUT2D eigenvalue weighted by molar-refractivity contribution is 0.0386. The van der Waals surface area contributed by atoms with Gasteiger partial charge in [-0.25, -0.2) is 0 Å². The fourth-order valence-electron chi connectivity index (χ4n) is 7.13. The van der Waals surface area contributed by atoms with Crippen molar-refractivity contribution in [1.82, 2.24) is 0 Å². The van der Waals surface area contributed by atoms with Gasteiger partial charge in [-0.15, -0.1) is 0 Å². The van der Waals surface area contributed by atoms with Crippen LogP contribution in [0.4, 0.5) is 0 Å². The molecule has 0 aliphatic carbocycles. The highest BCUT2D eigenvalue weighted by molar-refractivity contribution is 7.11. The van der Waals surface area contributed by atoms with Crippen LogP contribution in [0.5, 0.6) is 0 Å². The zero-order chi connectivity index (χ0) is 81.7. The Morgan fingerprint density at radius 3 is 0.562 bits per heavy atom. The summed E-state index contributed by atoms with van der Waals surface area (Å²) in [6.07, 6.45) is 0. The molecule has 0 saturated carbocycles. The zero-order valence-electron chi connectivity index (χ0n) is 74.9. The Labute approximate surface area is 489 Å². The SMILES string of the molecule is [2H]c1c([2H])c([2H])c([Si]2(O[Si](C)(C)C)O[Si]3(c4c([2H])c([2H])c([2H])c([2H])c4[2H])O[Si](O[Si](C)(C)C)(c4c([2H])c([2H])c([2H])c([2H])c4[2H])O[Si]4(c5c([2H])c([2H])c([2H])c([2H])c5[2H])O[Si](O[Si](C)(C)C)(c5c([2H])c([2H])c([2H])c([2H])c5[2H])O[Si](c5c([2H])c([2H])c([2H])c([2H])c5[2H])(O2)O[Si](c2c([2H])c([2H])c([2H])c([2H])c2[2H])(O3)O4)c([2H])c1[2H]. The van der Waals surface area contributed by atoms with Crippen molar-refractivity contribution in [2.24, 2.45) is 0 Å². The first-order valence-electron chi connectivity index (χ1n) is 39.1. The molecule has 0 spiro atoms. The molecule has 3 aliphatic heterocycles. The van der Waals surface area contributed by atoms with Crippen LogP contribution in [0.2, 0.25) is 58.9 Å². The van der Waals surface area contributed by atoms with Crippen LogP contribution in [-0.2, 0) is 49.4 Å². The number of benzene rings is 7. The van der Waals surface area contributed by atoms with E-state index in [1.165, 1.54) is 58.9 Å². The summed E-state index contributed by atoms with van der Waals surface area (Å²) in [6.45, 7) is 11.5. The van der Waals surface area contributed by atoms with Crippen LogP contribution < -0.4 is 36.3 Å². The maximum Gasteiger partial charge on any atom is 0.515 e. The lowest BCUT2D eigenvalue weighted by atomic mass is 10.4. The molecule has 7 aromatic rings. The summed E-state index contributed by atoms with van der Waals surface area (Å²) >= 11 is 0.